The van der Waals surface area contributed by atoms with E-state index < -0.39 is 5.97 Å². The minimum absolute atomic E-state index is 0.195. The number of amides is 1. The molecule has 0 N–H and O–H groups in total. The Morgan fingerprint density at radius 1 is 1.45 bits per heavy atom. The second-order valence-electron chi connectivity index (χ2n) is 4.31. The molecule has 0 aliphatic carbocycles. The van der Waals surface area contributed by atoms with Crippen LogP contribution in [0.1, 0.15) is 16.9 Å². The van der Waals surface area contributed by atoms with Gasteiger partial charge >= 0.3 is 5.97 Å². The average Bonchev–Trinajstić information content (AvgIpc) is 3.19. The molecule has 0 bridgehead atoms. The lowest BCUT2D eigenvalue weighted by Gasteiger charge is -2.14. The lowest BCUT2D eigenvalue weighted by atomic mass is 10.4. The molecule has 22 heavy (non-hydrogen) atoms. The number of ether oxygens (including phenoxy) is 1. The molecule has 0 aromatic carbocycles. The lowest BCUT2D eigenvalue weighted by Crippen LogP contribution is -2.31. The van der Waals surface area contributed by atoms with Gasteiger partial charge in [0, 0.05) is 19.0 Å². The molecule has 114 valence electrons. The van der Waals surface area contributed by atoms with Crippen LogP contribution in [0.5, 0.6) is 0 Å². The van der Waals surface area contributed by atoms with Crippen LogP contribution in [-0.4, -0.2) is 42.0 Å². The standard InChI is InChI=1S/C14H13N3O3S2/c1-17(6-3-5-15)12(18)8-20-14(19)10-9-22-13(16-10)11-4-2-7-21-11/h2,4,7,9H,3,6,8H2,1H3. The van der Waals surface area contributed by atoms with Crippen molar-refractivity contribution in [1.82, 2.24) is 9.88 Å². The van der Waals surface area contributed by atoms with Crippen molar-refractivity contribution in [3.63, 3.8) is 0 Å². The van der Waals surface area contributed by atoms with E-state index in [-0.39, 0.29) is 24.6 Å². The summed E-state index contributed by atoms with van der Waals surface area (Å²) in [6.45, 7) is -0.0429. The first-order valence-electron chi connectivity index (χ1n) is 6.39. The Kier molecular flexibility index (Phi) is 5.63. The number of thiophene rings is 1. The number of likely N-dealkylation sites (N-methyl/N-ethyl adjacent to an activating group) is 1. The Hall–Kier alpha value is -2.24. The summed E-state index contributed by atoms with van der Waals surface area (Å²) >= 11 is 2.89. The van der Waals surface area contributed by atoms with Crippen LogP contribution in [0.4, 0.5) is 0 Å². The molecule has 2 rings (SSSR count). The van der Waals surface area contributed by atoms with Crippen LogP contribution in [0.15, 0.2) is 22.9 Å². The minimum Gasteiger partial charge on any atom is -0.451 e. The van der Waals surface area contributed by atoms with Gasteiger partial charge in [0.2, 0.25) is 0 Å². The molecule has 8 heteroatoms. The van der Waals surface area contributed by atoms with Gasteiger partial charge in [-0.15, -0.1) is 22.7 Å². The van der Waals surface area contributed by atoms with Gasteiger partial charge in [0.1, 0.15) is 5.01 Å². The second kappa shape index (κ2) is 7.68. The molecule has 0 atom stereocenters. The number of carbonyl (C=O) groups is 2. The number of rotatable bonds is 6. The van der Waals surface area contributed by atoms with Gasteiger partial charge in [-0.25, -0.2) is 9.78 Å². The Morgan fingerprint density at radius 2 is 2.27 bits per heavy atom. The van der Waals surface area contributed by atoms with Crippen molar-refractivity contribution >= 4 is 34.6 Å². The highest BCUT2D eigenvalue weighted by Gasteiger charge is 2.16. The molecule has 0 saturated carbocycles. The largest absolute Gasteiger partial charge is 0.451 e. The number of esters is 1. The molecule has 0 radical (unpaired) electrons. The monoisotopic (exact) mass is 335 g/mol. The second-order valence-corrected chi connectivity index (χ2v) is 6.12. The van der Waals surface area contributed by atoms with Gasteiger partial charge in [0.05, 0.1) is 17.4 Å². The van der Waals surface area contributed by atoms with Gasteiger partial charge in [-0.1, -0.05) is 6.07 Å². The van der Waals surface area contributed by atoms with E-state index in [2.05, 4.69) is 4.98 Å². The lowest BCUT2D eigenvalue weighted by molar-refractivity contribution is -0.133. The number of nitriles is 1. The first-order valence-corrected chi connectivity index (χ1v) is 8.15. The van der Waals surface area contributed by atoms with Gasteiger partial charge < -0.3 is 9.64 Å². The molecule has 2 heterocycles. The highest BCUT2D eigenvalue weighted by molar-refractivity contribution is 7.20. The Labute approximate surface area is 135 Å². The third-order valence-electron chi connectivity index (χ3n) is 2.76. The first-order chi connectivity index (χ1) is 10.6. The highest BCUT2D eigenvalue weighted by Crippen LogP contribution is 2.27. The van der Waals surface area contributed by atoms with Gasteiger partial charge in [-0.2, -0.15) is 5.26 Å². The van der Waals surface area contributed by atoms with E-state index in [1.807, 2.05) is 23.6 Å². The average molecular weight is 335 g/mol. The fraction of sp³-hybridized carbons (Fsp3) is 0.286. The van der Waals surface area contributed by atoms with E-state index in [0.717, 1.165) is 9.88 Å². The number of carbonyl (C=O) groups excluding carboxylic acids is 2. The van der Waals surface area contributed by atoms with Crippen LogP contribution in [-0.2, 0) is 9.53 Å². The topological polar surface area (TPSA) is 83.3 Å². The zero-order valence-corrected chi connectivity index (χ0v) is 13.4. The van der Waals surface area contributed by atoms with Crippen molar-refractivity contribution in [1.29, 1.82) is 5.26 Å². The van der Waals surface area contributed by atoms with E-state index in [1.54, 1.807) is 12.4 Å². The fourth-order valence-corrected chi connectivity index (χ4v) is 3.14. The molecule has 0 aliphatic heterocycles. The SMILES string of the molecule is CN(CCC#N)C(=O)COC(=O)c1csc(-c2cccs2)n1. The highest BCUT2D eigenvalue weighted by atomic mass is 32.1. The summed E-state index contributed by atoms with van der Waals surface area (Å²) in [5.41, 5.74) is 0.195. The van der Waals surface area contributed by atoms with E-state index in [9.17, 15) is 9.59 Å². The Bertz CT molecular complexity index is 689. The van der Waals surface area contributed by atoms with Crippen molar-refractivity contribution in [3.05, 3.63) is 28.6 Å². The van der Waals surface area contributed by atoms with Crippen molar-refractivity contribution in [3.8, 4) is 16.0 Å². The van der Waals surface area contributed by atoms with Gasteiger partial charge in [-0.05, 0) is 11.4 Å². The zero-order valence-electron chi connectivity index (χ0n) is 11.8. The number of thiazole rings is 1. The number of hydrogen-bond acceptors (Lipinski definition) is 7. The summed E-state index contributed by atoms with van der Waals surface area (Å²) in [5.74, 6) is -0.974. The zero-order chi connectivity index (χ0) is 15.9. The normalized spacial score (nSPS) is 10.0. The van der Waals surface area contributed by atoms with E-state index >= 15 is 0 Å². The predicted octanol–water partition coefficient (Wildman–Crippen LogP) is 2.40. The van der Waals surface area contributed by atoms with Crippen molar-refractivity contribution in [2.24, 2.45) is 0 Å². The maximum Gasteiger partial charge on any atom is 0.358 e. The molecule has 2 aromatic rings. The summed E-state index contributed by atoms with van der Waals surface area (Å²) < 4.78 is 4.96. The molecule has 0 fully saturated rings. The number of hydrogen-bond donors (Lipinski definition) is 0. The van der Waals surface area contributed by atoms with Gasteiger partial charge in [0.15, 0.2) is 12.3 Å². The molecule has 0 saturated heterocycles. The summed E-state index contributed by atoms with van der Waals surface area (Å²) in [4.78, 5) is 30.1. The predicted molar refractivity (Wildman–Crippen MR) is 83.6 cm³/mol. The molecule has 0 spiro atoms. The summed E-state index contributed by atoms with van der Waals surface area (Å²) in [5, 5.41) is 12.8. The van der Waals surface area contributed by atoms with Crippen LogP contribution < -0.4 is 0 Å². The van der Waals surface area contributed by atoms with Crippen LogP contribution in [0, 0.1) is 11.3 Å². The first kappa shape index (κ1) is 16.1. The third kappa shape index (κ3) is 4.13. The molecule has 0 unspecified atom stereocenters. The molecule has 2 aromatic heterocycles. The van der Waals surface area contributed by atoms with Gasteiger partial charge in [0.25, 0.3) is 5.91 Å². The minimum atomic E-state index is -0.624. The Balaban J connectivity index is 1.88. The van der Waals surface area contributed by atoms with E-state index in [0.29, 0.717) is 6.54 Å². The van der Waals surface area contributed by atoms with Gasteiger partial charge in [-0.3, -0.25) is 4.79 Å². The maximum absolute atomic E-state index is 11.9. The van der Waals surface area contributed by atoms with Crippen LogP contribution in [0.25, 0.3) is 9.88 Å². The van der Waals surface area contributed by atoms with Crippen molar-refractivity contribution < 1.29 is 14.3 Å². The third-order valence-corrected chi connectivity index (χ3v) is 4.64. The Morgan fingerprint density at radius 3 is 2.95 bits per heavy atom. The smallest absolute Gasteiger partial charge is 0.358 e. The number of nitrogens with zero attached hydrogens (tertiary/aromatic N) is 3. The number of aromatic nitrogens is 1. The molecular weight excluding hydrogens is 322 g/mol. The van der Waals surface area contributed by atoms with E-state index in [1.165, 1.54) is 27.6 Å². The summed E-state index contributed by atoms with van der Waals surface area (Å²) in [6.07, 6.45) is 0.243. The molecule has 0 aliphatic rings. The molecular formula is C14H13N3O3S2. The molecule has 6 nitrogen and oxygen atoms in total. The maximum atomic E-state index is 11.9. The van der Waals surface area contributed by atoms with E-state index in [4.69, 9.17) is 10.00 Å². The summed E-state index contributed by atoms with van der Waals surface area (Å²) in [6, 6.07) is 5.79. The summed E-state index contributed by atoms with van der Waals surface area (Å²) in [7, 11) is 1.56. The molecule has 1 amide bonds. The van der Waals surface area contributed by atoms with Crippen LogP contribution in [0.3, 0.4) is 0 Å². The van der Waals surface area contributed by atoms with Crippen LogP contribution in [0.2, 0.25) is 0 Å². The van der Waals surface area contributed by atoms with Crippen LogP contribution >= 0.6 is 22.7 Å². The van der Waals surface area contributed by atoms with Crippen molar-refractivity contribution in [2.45, 2.75) is 6.42 Å². The fourth-order valence-electron chi connectivity index (χ4n) is 1.53. The quantitative estimate of drug-likeness (QED) is 0.757. The van der Waals surface area contributed by atoms with Crippen molar-refractivity contribution in [2.75, 3.05) is 20.2 Å².